The van der Waals surface area contributed by atoms with Crippen molar-refractivity contribution in [3.8, 4) is 0 Å². The molecule has 0 aliphatic carbocycles. The van der Waals surface area contributed by atoms with Gasteiger partial charge in [-0.1, -0.05) is 19.6 Å². The normalized spacial score (nSPS) is 22.2. The van der Waals surface area contributed by atoms with E-state index < -0.39 is 13.7 Å². The quantitative estimate of drug-likeness (QED) is 0.731. The van der Waals surface area contributed by atoms with Gasteiger partial charge in [0.1, 0.15) is 5.60 Å². The third kappa shape index (κ3) is 4.48. The second-order valence-electron chi connectivity index (χ2n) is 8.10. The van der Waals surface area contributed by atoms with Gasteiger partial charge in [0.25, 0.3) is 0 Å². The Balaban J connectivity index is 2.99. The molecular weight excluding hydrogens is 268 g/mol. The fourth-order valence-corrected chi connectivity index (χ4v) is 5.46. The highest BCUT2D eigenvalue weighted by molar-refractivity contribution is 6.77. The van der Waals surface area contributed by atoms with E-state index in [0.29, 0.717) is 6.04 Å². The fraction of sp³-hybridized carbons (Fsp3) is 0.933. The van der Waals surface area contributed by atoms with Gasteiger partial charge in [0, 0.05) is 19.1 Å². The lowest BCUT2D eigenvalue weighted by molar-refractivity contribution is -0.0170. The maximum absolute atomic E-state index is 12.5. The topological polar surface area (TPSA) is 32.8 Å². The lowest BCUT2D eigenvalue weighted by Crippen LogP contribution is -2.67. The largest absolute Gasteiger partial charge is 0.444 e. The first-order valence-electron chi connectivity index (χ1n) is 7.69. The Bertz CT molecular complexity index is 345. The van der Waals surface area contributed by atoms with Crippen LogP contribution in [0.2, 0.25) is 19.6 Å². The molecule has 118 valence electrons. The van der Waals surface area contributed by atoms with E-state index >= 15 is 0 Å². The van der Waals surface area contributed by atoms with Gasteiger partial charge in [-0.05, 0) is 41.0 Å². The highest BCUT2D eigenvalue weighted by Gasteiger charge is 2.43. The molecule has 1 amide bonds. The first-order valence-corrected chi connectivity index (χ1v) is 11.3. The molecule has 4 nitrogen and oxygen atoms in total. The summed E-state index contributed by atoms with van der Waals surface area (Å²) in [6.07, 6.45) is 0.869. The summed E-state index contributed by atoms with van der Waals surface area (Å²) in [6, 6.07) is 0.456. The molecule has 0 radical (unpaired) electrons. The molecule has 0 bridgehead atoms. The summed E-state index contributed by atoms with van der Waals surface area (Å²) >= 11 is 0. The minimum absolute atomic E-state index is 0.157. The zero-order valence-corrected chi connectivity index (χ0v) is 15.5. The minimum Gasteiger partial charge on any atom is -0.444 e. The van der Waals surface area contributed by atoms with E-state index in [2.05, 4.69) is 38.4 Å². The third-order valence-corrected chi connectivity index (χ3v) is 5.68. The Morgan fingerprint density at radius 1 is 1.20 bits per heavy atom. The number of ether oxygens (including phenoxy) is 1. The van der Waals surface area contributed by atoms with Gasteiger partial charge in [0.2, 0.25) is 0 Å². The molecule has 1 saturated heterocycles. The number of amides is 1. The Morgan fingerprint density at radius 2 is 1.75 bits per heavy atom. The number of nitrogens with zero attached hydrogens (tertiary/aromatic N) is 2. The molecule has 1 fully saturated rings. The van der Waals surface area contributed by atoms with Crippen LogP contribution in [-0.4, -0.2) is 54.5 Å². The molecule has 1 heterocycles. The number of rotatable bonds is 2. The van der Waals surface area contributed by atoms with Crippen molar-refractivity contribution in [2.24, 2.45) is 0 Å². The predicted octanol–water partition coefficient (Wildman–Crippen LogP) is 3.54. The average molecular weight is 301 g/mol. The van der Waals surface area contributed by atoms with E-state index in [4.69, 9.17) is 4.74 Å². The van der Waals surface area contributed by atoms with Crippen molar-refractivity contribution in [2.45, 2.75) is 78.1 Å². The van der Waals surface area contributed by atoms with Gasteiger partial charge in [0.15, 0.2) is 0 Å². The SMILES string of the molecule is CC(C)N1CCCN(C(=O)OC(C)(C)C)C1[Si](C)(C)C. The van der Waals surface area contributed by atoms with Crippen LogP contribution in [0.25, 0.3) is 0 Å². The van der Waals surface area contributed by atoms with Crippen molar-refractivity contribution >= 4 is 14.2 Å². The molecule has 0 aromatic rings. The van der Waals surface area contributed by atoms with E-state index in [-0.39, 0.29) is 11.9 Å². The van der Waals surface area contributed by atoms with Gasteiger partial charge in [-0.15, -0.1) is 0 Å². The van der Waals surface area contributed by atoms with Crippen molar-refractivity contribution in [3.05, 3.63) is 0 Å². The lowest BCUT2D eigenvalue weighted by atomic mass is 10.2. The van der Waals surface area contributed by atoms with Crippen LogP contribution in [0.5, 0.6) is 0 Å². The molecule has 1 rings (SSSR count). The van der Waals surface area contributed by atoms with E-state index in [1.165, 1.54) is 0 Å². The predicted molar refractivity (Wildman–Crippen MR) is 86.5 cm³/mol. The van der Waals surface area contributed by atoms with Crippen molar-refractivity contribution < 1.29 is 9.53 Å². The maximum Gasteiger partial charge on any atom is 0.411 e. The van der Waals surface area contributed by atoms with E-state index in [9.17, 15) is 4.79 Å². The number of carbonyl (C=O) groups is 1. The number of carbonyl (C=O) groups excluding carboxylic acids is 1. The van der Waals surface area contributed by atoms with E-state index in [1.807, 2.05) is 25.7 Å². The molecule has 0 aromatic heterocycles. The fourth-order valence-electron chi connectivity index (χ4n) is 2.86. The highest BCUT2D eigenvalue weighted by atomic mass is 28.3. The Labute approximate surface area is 125 Å². The average Bonchev–Trinajstić information content (AvgIpc) is 2.24. The van der Waals surface area contributed by atoms with Crippen LogP contribution in [-0.2, 0) is 4.74 Å². The standard InChI is InChI=1S/C15H32N2O2Si/c1-12(2)16-10-9-11-17(13(16)20(6,7)8)14(18)19-15(3,4)5/h12-13H,9-11H2,1-8H3. The Kier molecular flexibility index (Phi) is 5.30. The smallest absolute Gasteiger partial charge is 0.411 e. The van der Waals surface area contributed by atoms with Gasteiger partial charge in [-0.2, -0.15) is 0 Å². The zero-order valence-electron chi connectivity index (χ0n) is 14.5. The van der Waals surface area contributed by atoms with Crippen LogP contribution in [0, 0.1) is 0 Å². The van der Waals surface area contributed by atoms with Crippen molar-refractivity contribution in [1.29, 1.82) is 0 Å². The van der Waals surface area contributed by atoms with Crippen LogP contribution in [0.3, 0.4) is 0 Å². The molecule has 20 heavy (non-hydrogen) atoms. The van der Waals surface area contributed by atoms with Crippen molar-refractivity contribution in [3.63, 3.8) is 0 Å². The van der Waals surface area contributed by atoms with Crippen molar-refractivity contribution in [2.75, 3.05) is 13.1 Å². The third-order valence-electron chi connectivity index (χ3n) is 3.49. The summed E-state index contributed by atoms with van der Waals surface area (Å²) in [5.41, 5.74) is -0.429. The second-order valence-corrected chi connectivity index (χ2v) is 13.3. The molecule has 5 heteroatoms. The summed E-state index contributed by atoms with van der Waals surface area (Å²) in [6.45, 7) is 19.1. The molecule has 1 aliphatic heterocycles. The summed E-state index contributed by atoms with van der Waals surface area (Å²) in [5, 5.41) is 0. The molecule has 0 aromatic carbocycles. The molecule has 0 N–H and O–H groups in total. The van der Waals surface area contributed by atoms with Crippen LogP contribution in [0.4, 0.5) is 4.79 Å². The van der Waals surface area contributed by atoms with Crippen molar-refractivity contribution in [1.82, 2.24) is 9.80 Å². The van der Waals surface area contributed by atoms with Crippen LogP contribution < -0.4 is 0 Å². The summed E-state index contributed by atoms with van der Waals surface area (Å²) in [7, 11) is -1.53. The van der Waals surface area contributed by atoms with Gasteiger partial charge in [0.05, 0.1) is 13.9 Å². The molecule has 0 spiro atoms. The summed E-state index contributed by atoms with van der Waals surface area (Å²) < 4.78 is 5.61. The minimum atomic E-state index is -1.53. The highest BCUT2D eigenvalue weighted by Crippen LogP contribution is 2.27. The maximum atomic E-state index is 12.5. The van der Waals surface area contributed by atoms with Gasteiger partial charge in [-0.3, -0.25) is 9.80 Å². The van der Waals surface area contributed by atoms with Gasteiger partial charge in [-0.25, -0.2) is 4.79 Å². The second kappa shape index (κ2) is 6.06. The van der Waals surface area contributed by atoms with Crippen LogP contribution >= 0.6 is 0 Å². The number of hydrogen-bond acceptors (Lipinski definition) is 3. The lowest BCUT2D eigenvalue weighted by Gasteiger charge is -2.50. The zero-order chi connectivity index (χ0) is 15.7. The van der Waals surface area contributed by atoms with E-state index in [1.54, 1.807) is 0 Å². The molecule has 1 atom stereocenters. The monoisotopic (exact) mass is 300 g/mol. The first kappa shape index (κ1) is 17.5. The van der Waals surface area contributed by atoms with Crippen LogP contribution in [0.15, 0.2) is 0 Å². The van der Waals surface area contributed by atoms with Gasteiger partial charge >= 0.3 is 6.09 Å². The number of hydrogen-bond donors (Lipinski definition) is 0. The Hall–Kier alpha value is -0.553. The first-order chi connectivity index (χ1) is 8.93. The molecule has 1 aliphatic rings. The van der Waals surface area contributed by atoms with Gasteiger partial charge < -0.3 is 4.74 Å². The molecular formula is C15H32N2O2Si. The van der Waals surface area contributed by atoms with Crippen LogP contribution in [0.1, 0.15) is 41.0 Å². The van der Waals surface area contributed by atoms with E-state index in [0.717, 1.165) is 19.5 Å². The Morgan fingerprint density at radius 3 is 2.15 bits per heavy atom. The summed E-state index contributed by atoms with van der Waals surface area (Å²) in [4.78, 5) is 17.0. The molecule has 0 saturated carbocycles. The summed E-state index contributed by atoms with van der Waals surface area (Å²) in [5.74, 6) is 0.228. The molecule has 1 unspecified atom stereocenters.